The van der Waals surface area contributed by atoms with Gasteiger partial charge in [-0.3, -0.25) is 4.99 Å². The Morgan fingerprint density at radius 3 is 2.43 bits per heavy atom. The standard InChI is InChI=1S/C13H17N/c1-11(12-7-3-2-4-8-12)14-13-9-5-6-10-13/h2-4,7-8,13H,5-6,9-10H2,1H3/b14-11+. The summed E-state index contributed by atoms with van der Waals surface area (Å²) in [5.41, 5.74) is 2.46. The molecule has 0 heterocycles. The van der Waals surface area contributed by atoms with E-state index in [4.69, 9.17) is 4.99 Å². The van der Waals surface area contributed by atoms with Crippen molar-refractivity contribution in [2.75, 3.05) is 0 Å². The minimum atomic E-state index is 0.593. The predicted octanol–water partition coefficient (Wildman–Crippen LogP) is 3.44. The first kappa shape index (κ1) is 9.45. The van der Waals surface area contributed by atoms with Crippen LogP contribution in [0.2, 0.25) is 0 Å². The van der Waals surface area contributed by atoms with E-state index in [2.05, 4.69) is 31.2 Å². The largest absolute Gasteiger partial charge is 0.286 e. The van der Waals surface area contributed by atoms with Gasteiger partial charge in [-0.25, -0.2) is 0 Å². The fraction of sp³-hybridized carbons (Fsp3) is 0.462. The molecule has 1 aromatic carbocycles. The van der Waals surface area contributed by atoms with Crippen molar-refractivity contribution in [1.82, 2.24) is 0 Å². The van der Waals surface area contributed by atoms with Crippen LogP contribution in [0.3, 0.4) is 0 Å². The lowest BCUT2D eigenvalue weighted by Crippen LogP contribution is -2.03. The molecule has 0 amide bonds. The summed E-state index contributed by atoms with van der Waals surface area (Å²) in [4.78, 5) is 4.76. The molecule has 0 saturated heterocycles. The van der Waals surface area contributed by atoms with Gasteiger partial charge in [0, 0.05) is 5.71 Å². The second-order valence-corrected chi connectivity index (χ2v) is 4.02. The van der Waals surface area contributed by atoms with Crippen molar-refractivity contribution >= 4 is 5.71 Å². The Hall–Kier alpha value is -1.11. The number of benzene rings is 1. The van der Waals surface area contributed by atoms with Gasteiger partial charge >= 0.3 is 0 Å². The van der Waals surface area contributed by atoms with Crippen LogP contribution in [0.15, 0.2) is 35.3 Å². The maximum atomic E-state index is 4.76. The fourth-order valence-electron chi connectivity index (χ4n) is 2.06. The maximum Gasteiger partial charge on any atom is 0.0503 e. The van der Waals surface area contributed by atoms with Gasteiger partial charge in [0.05, 0.1) is 6.04 Å². The molecule has 74 valence electrons. The molecular weight excluding hydrogens is 170 g/mol. The molecule has 1 aromatic rings. The van der Waals surface area contributed by atoms with Crippen LogP contribution in [0.5, 0.6) is 0 Å². The zero-order chi connectivity index (χ0) is 9.80. The first-order chi connectivity index (χ1) is 6.86. The lowest BCUT2D eigenvalue weighted by atomic mass is 10.1. The second-order valence-electron chi connectivity index (χ2n) is 4.02. The van der Waals surface area contributed by atoms with E-state index in [0.29, 0.717) is 6.04 Å². The zero-order valence-corrected chi connectivity index (χ0v) is 8.74. The average molecular weight is 187 g/mol. The van der Waals surface area contributed by atoms with Crippen molar-refractivity contribution in [1.29, 1.82) is 0 Å². The lowest BCUT2D eigenvalue weighted by molar-refractivity contribution is 0.707. The SMILES string of the molecule is C/C(=N\C1CCCC1)c1ccccc1. The molecule has 1 saturated carbocycles. The molecule has 0 atom stereocenters. The minimum absolute atomic E-state index is 0.593. The van der Waals surface area contributed by atoms with Crippen molar-refractivity contribution in [3.63, 3.8) is 0 Å². The van der Waals surface area contributed by atoms with Gasteiger partial charge in [-0.15, -0.1) is 0 Å². The molecule has 0 radical (unpaired) electrons. The summed E-state index contributed by atoms with van der Waals surface area (Å²) in [6.07, 6.45) is 5.28. The Balaban J connectivity index is 2.10. The van der Waals surface area contributed by atoms with E-state index >= 15 is 0 Å². The van der Waals surface area contributed by atoms with E-state index in [1.807, 2.05) is 6.07 Å². The Morgan fingerprint density at radius 1 is 1.14 bits per heavy atom. The van der Waals surface area contributed by atoms with E-state index in [1.54, 1.807) is 0 Å². The summed E-state index contributed by atoms with van der Waals surface area (Å²) in [7, 11) is 0. The molecule has 1 aliphatic carbocycles. The number of hydrogen-bond donors (Lipinski definition) is 0. The Bertz CT molecular complexity index is 307. The highest BCUT2D eigenvalue weighted by molar-refractivity contribution is 5.98. The van der Waals surface area contributed by atoms with Gasteiger partial charge in [0.15, 0.2) is 0 Å². The van der Waals surface area contributed by atoms with Gasteiger partial charge in [-0.2, -0.15) is 0 Å². The summed E-state index contributed by atoms with van der Waals surface area (Å²) in [5, 5.41) is 0. The summed E-state index contributed by atoms with van der Waals surface area (Å²) >= 11 is 0. The molecule has 1 aliphatic rings. The van der Waals surface area contributed by atoms with Crippen LogP contribution in [0.4, 0.5) is 0 Å². The fourth-order valence-corrected chi connectivity index (χ4v) is 2.06. The highest BCUT2D eigenvalue weighted by Gasteiger charge is 2.13. The summed E-state index contributed by atoms with van der Waals surface area (Å²) in [6, 6.07) is 11.1. The molecule has 14 heavy (non-hydrogen) atoms. The molecular formula is C13H17N. The normalized spacial score (nSPS) is 18.8. The highest BCUT2D eigenvalue weighted by Crippen LogP contribution is 2.21. The lowest BCUT2D eigenvalue weighted by Gasteiger charge is -2.05. The Kier molecular flexibility index (Phi) is 2.97. The van der Waals surface area contributed by atoms with Crippen LogP contribution in [0, 0.1) is 0 Å². The summed E-state index contributed by atoms with van der Waals surface area (Å²) in [5.74, 6) is 0. The van der Waals surface area contributed by atoms with Crippen molar-refractivity contribution < 1.29 is 0 Å². The van der Waals surface area contributed by atoms with Gasteiger partial charge in [0.25, 0.3) is 0 Å². The third kappa shape index (κ3) is 2.22. The molecule has 1 nitrogen and oxygen atoms in total. The van der Waals surface area contributed by atoms with Gasteiger partial charge in [0.1, 0.15) is 0 Å². The van der Waals surface area contributed by atoms with E-state index in [9.17, 15) is 0 Å². The number of aliphatic imine (C=N–C) groups is 1. The van der Waals surface area contributed by atoms with Crippen LogP contribution in [0.1, 0.15) is 38.2 Å². The molecule has 0 spiro atoms. The molecule has 0 aliphatic heterocycles. The minimum Gasteiger partial charge on any atom is -0.286 e. The second kappa shape index (κ2) is 4.41. The molecule has 0 N–H and O–H groups in total. The van der Waals surface area contributed by atoms with E-state index in [-0.39, 0.29) is 0 Å². The van der Waals surface area contributed by atoms with Crippen LogP contribution < -0.4 is 0 Å². The van der Waals surface area contributed by atoms with Crippen molar-refractivity contribution in [2.24, 2.45) is 4.99 Å². The van der Waals surface area contributed by atoms with Crippen molar-refractivity contribution in [3.05, 3.63) is 35.9 Å². The molecule has 0 bridgehead atoms. The summed E-state index contributed by atoms with van der Waals surface area (Å²) < 4.78 is 0. The monoisotopic (exact) mass is 187 g/mol. The highest BCUT2D eigenvalue weighted by atomic mass is 14.8. The Labute approximate surface area is 85.9 Å². The first-order valence-corrected chi connectivity index (χ1v) is 5.46. The zero-order valence-electron chi connectivity index (χ0n) is 8.74. The van der Waals surface area contributed by atoms with Gasteiger partial charge in [0.2, 0.25) is 0 Å². The molecule has 1 heteroatoms. The Morgan fingerprint density at radius 2 is 1.79 bits per heavy atom. The number of nitrogens with zero attached hydrogens (tertiary/aromatic N) is 1. The smallest absolute Gasteiger partial charge is 0.0503 e. The number of hydrogen-bond acceptors (Lipinski definition) is 1. The third-order valence-corrected chi connectivity index (χ3v) is 2.89. The van der Waals surface area contributed by atoms with Crippen molar-refractivity contribution in [2.45, 2.75) is 38.6 Å². The topological polar surface area (TPSA) is 12.4 Å². The van der Waals surface area contributed by atoms with Crippen LogP contribution in [0.25, 0.3) is 0 Å². The van der Waals surface area contributed by atoms with Crippen LogP contribution in [-0.4, -0.2) is 11.8 Å². The van der Waals surface area contributed by atoms with Crippen LogP contribution >= 0.6 is 0 Å². The molecule has 1 fully saturated rings. The van der Waals surface area contributed by atoms with Crippen molar-refractivity contribution in [3.8, 4) is 0 Å². The van der Waals surface area contributed by atoms with Gasteiger partial charge in [-0.05, 0) is 25.3 Å². The van der Waals surface area contributed by atoms with E-state index in [0.717, 1.165) is 0 Å². The number of rotatable bonds is 2. The quantitative estimate of drug-likeness (QED) is 0.629. The first-order valence-electron chi connectivity index (χ1n) is 5.46. The molecule has 2 rings (SSSR count). The summed E-state index contributed by atoms with van der Waals surface area (Å²) in [6.45, 7) is 2.12. The molecule has 0 aromatic heterocycles. The predicted molar refractivity (Wildman–Crippen MR) is 60.9 cm³/mol. The van der Waals surface area contributed by atoms with Gasteiger partial charge < -0.3 is 0 Å². The molecule has 0 unspecified atom stereocenters. The average Bonchev–Trinajstić information content (AvgIpc) is 2.72. The third-order valence-electron chi connectivity index (χ3n) is 2.89. The van der Waals surface area contributed by atoms with Crippen LogP contribution in [-0.2, 0) is 0 Å². The van der Waals surface area contributed by atoms with Gasteiger partial charge in [-0.1, -0.05) is 43.2 Å². The van der Waals surface area contributed by atoms with E-state index in [1.165, 1.54) is 37.0 Å². The maximum absolute atomic E-state index is 4.76. The van der Waals surface area contributed by atoms with E-state index < -0.39 is 0 Å².